The molecule has 0 bridgehead atoms. The molecule has 11 atom stereocenters. The van der Waals surface area contributed by atoms with Crippen LogP contribution in [0.5, 0.6) is 0 Å². The zero-order valence-electron chi connectivity index (χ0n) is 50.7. The standard InChI is InChI=1S/C60H92N12O10/c1-15-37(6)51-60(82)67(10)40(9)53(75)61-29-27-50(74)71(14)52(36(4)5)55(77)65-39(8)56(78)68(11)47(31-41-22-17-16-18-23-41)38(7)64-45(30-35(2)3)57(79)70(13)49(34-73)59(81)72-46(26-21-28-63-72)58(80)69(12)48(54(76)66-51)32-42-33-62-44-25-20-19-24-43(42)44/h16-20,22-25,33,35-40,45-49,51-52,62-64,73H,15,21,26-32,34H2,1-14H3,(H,61,75)(H,65,77)(H,66,76). The fraction of sp³-hybridized carbons (Fsp3) is 0.617. The zero-order valence-corrected chi connectivity index (χ0v) is 50.7. The number of hydrazine groups is 1. The first-order valence-corrected chi connectivity index (χ1v) is 29.0. The summed E-state index contributed by atoms with van der Waals surface area (Å²) in [5.41, 5.74) is 5.46. The van der Waals surface area contributed by atoms with Crippen LogP contribution in [-0.4, -0.2) is 208 Å². The van der Waals surface area contributed by atoms with Crippen LogP contribution in [-0.2, 0) is 56.0 Å². The molecule has 1 aromatic heterocycles. The zero-order chi connectivity index (χ0) is 60.9. The molecule has 2 aliphatic heterocycles. The first kappa shape index (κ1) is 65.9. The summed E-state index contributed by atoms with van der Waals surface area (Å²) >= 11 is 0. The third-order valence-corrected chi connectivity index (χ3v) is 16.6. The van der Waals surface area contributed by atoms with Crippen LogP contribution in [0.3, 0.4) is 0 Å². The third kappa shape index (κ3) is 16.0. The number of carbonyl (C=O) groups is 9. The molecule has 3 heterocycles. The highest BCUT2D eigenvalue weighted by atomic mass is 16.3. The summed E-state index contributed by atoms with van der Waals surface area (Å²) in [5.74, 6) is -6.04. The van der Waals surface area contributed by atoms with E-state index in [1.807, 2.05) is 82.3 Å². The Morgan fingerprint density at radius 1 is 0.659 bits per heavy atom. The molecular formula is C60H92N12O10. The van der Waals surface area contributed by atoms with E-state index in [9.17, 15) is 38.7 Å². The van der Waals surface area contributed by atoms with Crippen molar-refractivity contribution in [1.29, 1.82) is 0 Å². The van der Waals surface area contributed by atoms with Crippen LogP contribution in [0, 0.1) is 17.8 Å². The number of amides is 9. The predicted molar refractivity (Wildman–Crippen MR) is 313 cm³/mol. The van der Waals surface area contributed by atoms with E-state index < -0.39 is 132 Å². The summed E-state index contributed by atoms with van der Waals surface area (Å²) in [6, 6.07) is 6.67. The minimum Gasteiger partial charge on any atom is -0.394 e. The van der Waals surface area contributed by atoms with Gasteiger partial charge in [0.15, 0.2) is 0 Å². The van der Waals surface area contributed by atoms with Gasteiger partial charge in [0.05, 0.1) is 18.7 Å². The van der Waals surface area contributed by atoms with Crippen molar-refractivity contribution >= 4 is 64.1 Å². The molecule has 0 saturated carbocycles. The number of aromatic nitrogens is 1. The van der Waals surface area contributed by atoms with Crippen LogP contribution in [0.4, 0.5) is 0 Å². The van der Waals surface area contributed by atoms with Gasteiger partial charge in [0.1, 0.15) is 42.3 Å². The number of H-pyrrole nitrogens is 1. The van der Waals surface area contributed by atoms with Crippen molar-refractivity contribution in [2.75, 3.05) is 54.9 Å². The van der Waals surface area contributed by atoms with Crippen LogP contribution in [0.15, 0.2) is 60.8 Å². The molecule has 7 N–H and O–H groups in total. The minimum absolute atomic E-state index is 0.00685. The first-order valence-electron chi connectivity index (χ1n) is 29.0. The molecule has 2 saturated heterocycles. The lowest BCUT2D eigenvalue weighted by Gasteiger charge is -2.42. The maximum atomic E-state index is 15.1. The normalized spacial score (nSPS) is 27.2. The van der Waals surface area contributed by atoms with Gasteiger partial charge < -0.3 is 55.9 Å². The molecule has 0 spiro atoms. The number of hydrogen-bond acceptors (Lipinski definition) is 12. The molecule has 5 rings (SSSR count). The second-order valence-electron chi connectivity index (χ2n) is 23.3. The van der Waals surface area contributed by atoms with Gasteiger partial charge in [-0.2, -0.15) is 0 Å². The molecule has 11 unspecified atom stereocenters. The molecule has 22 heteroatoms. The van der Waals surface area contributed by atoms with Crippen LogP contribution in [0.25, 0.3) is 10.9 Å². The number of nitrogens with zero attached hydrogens (tertiary/aromatic N) is 6. The minimum atomic E-state index is -1.47. The number of likely N-dealkylation sites (N-methyl/N-ethyl adjacent to an activating group) is 5. The van der Waals surface area contributed by atoms with Crippen molar-refractivity contribution in [1.82, 2.24) is 61.2 Å². The lowest BCUT2D eigenvalue weighted by molar-refractivity contribution is -0.159. The Hall–Kier alpha value is -6.91. The Morgan fingerprint density at radius 2 is 1.30 bits per heavy atom. The molecule has 2 fully saturated rings. The Bertz CT molecular complexity index is 2700. The molecule has 452 valence electrons. The average Bonchev–Trinajstić information content (AvgIpc) is 3.87. The van der Waals surface area contributed by atoms with Gasteiger partial charge in [0.2, 0.25) is 47.3 Å². The Labute approximate surface area is 484 Å². The van der Waals surface area contributed by atoms with E-state index in [0.29, 0.717) is 31.2 Å². The van der Waals surface area contributed by atoms with Gasteiger partial charge in [-0.15, -0.1) is 0 Å². The number of para-hydroxylation sites is 1. The van der Waals surface area contributed by atoms with Crippen molar-refractivity contribution in [3.8, 4) is 0 Å². The second-order valence-corrected chi connectivity index (χ2v) is 23.3. The third-order valence-electron chi connectivity index (χ3n) is 16.6. The van der Waals surface area contributed by atoms with Crippen LogP contribution in [0.2, 0.25) is 0 Å². The molecule has 22 nitrogen and oxygen atoms in total. The largest absolute Gasteiger partial charge is 0.394 e. The van der Waals surface area contributed by atoms with E-state index >= 15 is 9.59 Å². The summed E-state index contributed by atoms with van der Waals surface area (Å²) in [4.78, 5) is 141. The first-order chi connectivity index (χ1) is 38.7. The summed E-state index contributed by atoms with van der Waals surface area (Å²) in [7, 11) is 7.47. The lowest BCUT2D eigenvalue weighted by atomic mass is 9.95. The second kappa shape index (κ2) is 29.9. The number of aliphatic hydroxyl groups is 1. The topological polar surface area (TPSA) is 269 Å². The van der Waals surface area contributed by atoms with Crippen molar-refractivity contribution in [3.05, 3.63) is 71.9 Å². The van der Waals surface area contributed by atoms with Gasteiger partial charge in [-0.25, -0.2) is 5.43 Å². The van der Waals surface area contributed by atoms with Gasteiger partial charge in [-0.1, -0.05) is 96.5 Å². The number of benzene rings is 2. The summed E-state index contributed by atoms with van der Waals surface area (Å²) in [5, 5.41) is 25.1. The smallest absolute Gasteiger partial charge is 0.262 e. The highest BCUT2D eigenvalue weighted by Crippen LogP contribution is 2.25. The number of carbonyl (C=O) groups excluding carboxylic acids is 9. The van der Waals surface area contributed by atoms with Gasteiger partial charge >= 0.3 is 0 Å². The van der Waals surface area contributed by atoms with Gasteiger partial charge in [0.25, 0.3) is 5.91 Å². The average molecular weight is 1140 g/mol. The Balaban J connectivity index is 1.59. The van der Waals surface area contributed by atoms with Gasteiger partial charge in [0, 0.05) is 84.3 Å². The number of aliphatic hydroxyl groups excluding tert-OH is 1. The quantitative estimate of drug-likeness (QED) is 0.154. The highest BCUT2D eigenvalue weighted by molar-refractivity contribution is 5.98. The van der Waals surface area contributed by atoms with Crippen molar-refractivity contribution in [2.45, 2.75) is 168 Å². The summed E-state index contributed by atoms with van der Waals surface area (Å²) in [6.07, 6.45) is 3.28. The fourth-order valence-electron chi connectivity index (χ4n) is 11.1. The molecule has 9 amide bonds. The van der Waals surface area contributed by atoms with Gasteiger partial charge in [-0.3, -0.25) is 48.2 Å². The van der Waals surface area contributed by atoms with E-state index in [1.54, 1.807) is 45.8 Å². The van der Waals surface area contributed by atoms with E-state index in [0.717, 1.165) is 21.5 Å². The van der Waals surface area contributed by atoms with Crippen molar-refractivity contribution < 1.29 is 48.3 Å². The summed E-state index contributed by atoms with van der Waals surface area (Å²) < 4.78 is 0. The maximum absolute atomic E-state index is 15.1. The molecule has 2 aromatic carbocycles. The molecule has 3 aromatic rings. The molecule has 0 radical (unpaired) electrons. The highest BCUT2D eigenvalue weighted by Gasteiger charge is 2.44. The molecule has 82 heavy (non-hydrogen) atoms. The van der Waals surface area contributed by atoms with Crippen LogP contribution >= 0.6 is 0 Å². The Kier molecular flexibility index (Phi) is 24.0. The van der Waals surface area contributed by atoms with Gasteiger partial charge in [-0.05, 0) is 81.4 Å². The maximum Gasteiger partial charge on any atom is 0.262 e. The van der Waals surface area contributed by atoms with E-state index in [-0.39, 0.29) is 38.3 Å². The number of fused-ring (bicyclic) bond motifs is 2. The number of hydrogen-bond donors (Lipinski definition) is 7. The molecule has 2 aliphatic rings. The number of nitrogens with one attached hydrogen (secondary N) is 6. The van der Waals surface area contributed by atoms with Crippen LogP contribution < -0.4 is 26.7 Å². The van der Waals surface area contributed by atoms with Crippen LogP contribution in [0.1, 0.15) is 106 Å². The number of rotatable bonds is 10. The van der Waals surface area contributed by atoms with Crippen molar-refractivity contribution in [3.63, 3.8) is 0 Å². The SMILES string of the molecule is CCC(C)C1NC(=O)C(Cc2c[nH]c3ccccc23)N(C)C(=O)C2CCCNN2C(=O)C(CO)N(C)C(=O)C(CC(C)C)NC(C)C(Cc2ccccc2)N(C)C(=O)C(C)NC(=O)C(C(C)C)N(C)C(=O)CCNC(=O)C(C)N(C)C1=O. The monoisotopic (exact) mass is 1140 g/mol. The van der Waals surface area contributed by atoms with E-state index in [1.165, 1.54) is 54.7 Å². The van der Waals surface area contributed by atoms with Crippen molar-refractivity contribution in [2.24, 2.45) is 17.8 Å². The fourth-order valence-corrected chi connectivity index (χ4v) is 11.1. The lowest BCUT2D eigenvalue weighted by Crippen LogP contribution is -2.66. The van der Waals surface area contributed by atoms with E-state index in [4.69, 9.17) is 0 Å². The number of aromatic amines is 1. The summed E-state index contributed by atoms with van der Waals surface area (Å²) in [6.45, 7) is 15.4. The molecular weight excluding hydrogens is 1050 g/mol. The van der Waals surface area contributed by atoms with E-state index in [2.05, 4.69) is 31.7 Å². The Morgan fingerprint density at radius 3 is 1.94 bits per heavy atom. The molecule has 0 aliphatic carbocycles. The predicted octanol–water partition coefficient (Wildman–Crippen LogP) is 2.20.